The summed E-state index contributed by atoms with van der Waals surface area (Å²) in [5, 5.41) is 5.50. The Morgan fingerprint density at radius 1 is 1.44 bits per heavy atom. The van der Waals surface area contributed by atoms with Crippen LogP contribution < -0.4 is 10.6 Å². The highest BCUT2D eigenvalue weighted by atomic mass is 16.2. The van der Waals surface area contributed by atoms with Gasteiger partial charge in [0.1, 0.15) is 12.1 Å². The molecule has 0 saturated carbocycles. The first-order valence-electron chi connectivity index (χ1n) is 6.29. The van der Waals surface area contributed by atoms with Crippen molar-refractivity contribution in [1.29, 1.82) is 0 Å². The van der Waals surface area contributed by atoms with Crippen LogP contribution in [-0.4, -0.2) is 47.3 Å². The average molecular weight is 253 g/mol. The SMILES string of the molecule is CC1(C)C(=O)NC(=O)CN1C(=O)CC1CCCN1. The third-order valence-corrected chi connectivity index (χ3v) is 3.67. The van der Waals surface area contributed by atoms with Crippen molar-refractivity contribution in [3.63, 3.8) is 0 Å². The minimum absolute atomic E-state index is 0.0374. The summed E-state index contributed by atoms with van der Waals surface area (Å²) in [6.07, 6.45) is 2.39. The van der Waals surface area contributed by atoms with Crippen LogP contribution in [0.15, 0.2) is 0 Å². The Labute approximate surface area is 106 Å². The van der Waals surface area contributed by atoms with Gasteiger partial charge in [-0.15, -0.1) is 0 Å². The maximum atomic E-state index is 12.2. The van der Waals surface area contributed by atoms with Gasteiger partial charge in [0.25, 0.3) is 5.91 Å². The van der Waals surface area contributed by atoms with Crippen molar-refractivity contribution in [3.8, 4) is 0 Å². The summed E-state index contributed by atoms with van der Waals surface area (Å²) in [4.78, 5) is 36.7. The lowest BCUT2D eigenvalue weighted by molar-refractivity contribution is -0.155. The lowest BCUT2D eigenvalue weighted by atomic mass is 9.97. The Morgan fingerprint density at radius 3 is 2.78 bits per heavy atom. The van der Waals surface area contributed by atoms with E-state index in [1.54, 1.807) is 13.8 Å². The summed E-state index contributed by atoms with van der Waals surface area (Å²) in [5.41, 5.74) is -0.955. The molecule has 2 aliphatic heterocycles. The zero-order valence-corrected chi connectivity index (χ0v) is 10.8. The molecule has 0 aromatic rings. The fourth-order valence-electron chi connectivity index (χ4n) is 2.43. The molecule has 2 saturated heterocycles. The molecule has 6 heteroatoms. The van der Waals surface area contributed by atoms with E-state index in [2.05, 4.69) is 10.6 Å². The number of amides is 3. The maximum Gasteiger partial charge on any atom is 0.252 e. The van der Waals surface area contributed by atoms with E-state index >= 15 is 0 Å². The number of carbonyl (C=O) groups excluding carboxylic acids is 3. The van der Waals surface area contributed by atoms with Crippen molar-refractivity contribution >= 4 is 17.7 Å². The predicted molar refractivity (Wildman–Crippen MR) is 64.6 cm³/mol. The van der Waals surface area contributed by atoms with E-state index < -0.39 is 17.4 Å². The quantitative estimate of drug-likeness (QED) is 0.644. The molecule has 2 fully saturated rings. The van der Waals surface area contributed by atoms with Crippen LogP contribution in [0.3, 0.4) is 0 Å². The smallest absolute Gasteiger partial charge is 0.252 e. The van der Waals surface area contributed by atoms with Gasteiger partial charge in [0.15, 0.2) is 0 Å². The number of imide groups is 1. The zero-order chi connectivity index (χ0) is 13.3. The topological polar surface area (TPSA) is 78.5 Å². The number of hydrogen-bond acceptors (Lipinski definition) is 4. The second-order valence-corrected chi connectivity index (χ2v) is 5.41. The second-order valence-electron chi connectivity index (χ2n) is 5.41. The molecule has 2 heterocycles. The maximum absolute atomic E-state index is 12.2. The molecule has 0 aliphatic carbocycles. The molecule has 0 radical (unpaired) electrons. The molecule has 1 unspecified atom stereocenters. The molecular formula is C12H19N3O3. The molecule has 2 aliphatic rings. The van der Waals surface area contributed by atoms with E-state index in [-0.39, 0.29) is 18.5 Å². The second kappa shape index (κ2) is 4.68. The summed E-state index contributed by atoms with van der Waals surface area (Å²) >= 11 is 0. The molecule has 0 aromatic carbocycles. The van der Waals surface area contributed by atoms with Gasteiger partial charge in [-0.1, -0.05) is 0 Å². The van der Waals surface area contributed by atoms with Crippen LogP contribution >= 0.6 is 0 Å². The molecular weight excluding hydrogens is 234 g/mol. The van der Waals surface area contributed by atoms with E-state index in [0.29, 0.717) is 6.42 Å². The summed E-state index contributed by atoms with van der Waals surface area (Å²) in [5.74, 6) is -0.957. The Kier molecular flexibility index (Phi) is 3.38. The molecule has 0 spiro atoms. The number of hydrogen-bond donors (Lipinski definition) is 2. The van der Waals surface area contributed by atoms with Crippen LogP contribution in [0.2, 0.25) is 0 Å². The Morgan fingerprint density at radius 2 is 2.17 bits per heavy atom. The number of rotatable bonds is 2. The lowest BCUT2D eigenvalue weighted by Crippen LogP contribution is -2.65. The van der Waals surface area contributed by atoms with Crippen molar-refractivity contribution in [2.45, 2.75) is 44.7 Å². The summed E-state index contributed by atoms with van der Waals surface area (Å²) in [6, 6.07) is 0.174. The molecule has 1 atom stereocenters. The fourth-order valence-corrected chi connectivity index (χ4v) is 2.43. The fraction of sp³-hybridized carbons (Fsp3) is 0.750. The van der Waals surface area contributed by atoms with Crippen molar-refractivity contribution < 1.29 is 14.4 Å². The third kappa shape index (κ3) is 2.38. The lowest BCUT2D eigenvalue weighted by Gasteiger charge is -2.40. The highest BCUT2D eigenvalue weighted by molar-refractivity contribution is 6.06. The number of piperazine rings is 1. The molecule has 0 bridgehead atoms. The molecule has 18 heavy (non-hydrogen) atoms. The zero-order valence-electron chi connectivity index (χ0n) is 10.8. The molecule has 2 N–H and O–H groups in total. The monoisotopic (exact) mass is 253 g/mol. The summed E-state index contributed by atoms with van der Waals surface area (Å²) in [7, 11) is 0. The minimum Gasteiger partial charge on any atom is -0.319 e. The predicted octanol–water partition coefficient (Wildman–Crippen LogP) is -0.608. The van der Waals surface area contributed by atoms with Crippen molar-refractivity contribution in [3.05, 3.63) is 0 Å². The van der Waals surface area contributed by atoms with Gasteiger partial charge in [-0.3, -0.25) is 19.7 Å². The van der Waals surface area contributed by atoms with E-state index in [1.807, 2.05) is 0 Å². The van der Waals surface area contributed by atoms with Gasteiger partial charge in [0, 0.05) is 12.5 Å². The van der Waals surface area contributed by atoms with Crippen LogP contribution in [0, 0.1) is 0 Å². The molecule has 100 valence electrons. The van der Waals surface area contributed by atoms with Gasteiger partial charge in [-0.25, -0.2) is 0 Å². The first-order chi connectivity index (χ1) is 8.41. The first-order valence-corrected chi connectivity index (χ1v) is 6.29. The standard InChI is InChI=1S/C12H19N3O3/c1-12(2)11(18)14-9(16)7-15(12)10(17)6-8-4-3-5-13-8/h8,13H,3-7H2,1-2H3,(H,14,16,18). The van der Waals surface area contributed by atoms with E-state index in [4.69, 9.17) is 0 Å². The molecule has 6 nitrogen and oxygen atoms in total. The highest BCUT2D eigenvalue weighted by Crippen LogP contribution is 2.21. The van der Waals surface area contributed by atoms with Crippen LogP contribution in [0.1, 0.15) is 33.1 Å². The minimum atomic E-state index is -0.955. The summed E-state index contributed by atoms with van der Waals surface area (Å²) in [6.45, 7) is 4.22. The van der Waals surface area contributed by atoms with Gasteiger partial charge >= 0.3 is 0 Å². The number of carbonyl (C=O) groups is 3. The van der Waals surface area contributed by atoms with Crippen LogP contribution in [0.5, 0.6) is 0 Å². The summed E-state index contributed by atoms with van der Waals surface area (Å²) < 4.78 is 0. The Balaban J connectivity index is 2.06. The van der Waals surface area contributed by atoms with Crippen molar-refractivity contribution in [2.75, 3.05) is 13.1 Å². The van der Waals surface area contributed by atoms with Crippen molar-refractivity contribution in [2.24, 2.45) is 0 Å². The van der Waals surface area contributed by atoms with Gasteiger partial charge in [-0.05, 0) is 33.2 Å². The number of nitrogens with zero attached hydrogens (tertiary/aromatic N) is 1. The van der Waals surface area contributed by atoms with E-state index in [9.17, 15) is 14.4 Å². The average Bonchev–Trinajstić information content (AvgIpc) is 2.76. The van der Waals surface area contributed by atoms with Gasteiger partial charge < -0.3 is 10.2 Å². The van der Waals surface area contributed by atoms with Crippen LogP contribution in [-0.2, 0) is 14.4 Å². The third-order valence-electron chi connectivity index (χ3n) is 3.67. The van der Waals surface area contributed by atoms with Crippen LogP contribution in [0.25, 0.3) is 0 Å². The van der Waals surface area contributed by atoms with Crippen molar-refractivity contribution in [1.82, 2.24) is 15.5 Å². The van der Waals surface area contributed by atoms with Gasteiger partial charge in [0.05, 0.1) is 0 Å². The first kappa shape index (κ1) is 13.0. The highest BCUT2D eigenvalue weighted by Gasteiger charge is 2.43. The molecule has 2 rings (SSSR count). The van der Waals surface area contributed by atoms with E-state index in [1.165, 1.54) is 4.90 Å². The molecule has 3 amide bonds. The molecule has 0 aromatic heterocycles. The number of nitrogens with one attached hydrogen (secondary N) is 2. The van der Waals surface area contributed by atoms with Crippen LogP contribution in [0.4, 0.5) is 0 Å². The van der Waals surface area contributed by atoms with Gasteiger partial charge in [-0.2, -0.15) is 0 Å². The van der Waals surface area contributed by atoms with Gasteiger partial charge in [0.2, 0.25) is 11.8 Å². The normalized spacial score (nSPS) is 27.2. The largest absolute Gasteiger partial charge is 0.319 e. The van der Waals surface area contributed by atoms with E-state index in [0.717, 1.165) is 19.4 Å². The Hall–Kier alpha value is -1.43. The Bertz CT molecular complexity index is 386.